The van der Waals surface area contributed by atoms with Gasteiger partial charge in [0.2, 0.25) is 11.8 Å². The lowest BCUT2D eigenvalue weighted by atomic mass is 9.99. The molecule has 0 bridgehead atoms. The quantitative estimate of drug-likeness (QED) is 0.0263. The molecule has 10 heteroatoms. The van der Waals surface area contributed by atoms with Gasteiger partial charge in [-0.3, -0.25) is 19.4 Å². The second-order valence-corrected chi connectivity index (χ2v) is 19.0. The Labute approximate surface area is 414 Å². The normalized spacial score (nSPS) is 19.7. The molecule has 0 aliphatic carbocycles. The zero-order chi connectivity index (χ0) is 50.2. The summed E-state index contributed by atoms with van der Waals surface area (Å²) in [5.74, 6) is -0.218. The highest BCUT2D eigenvalue weighted by Crippen LogP contribution is 2.16. The molecule has 1 rings (SSSR count). The summed E-state index contributed by atoms with van der Waals surface area (Å²) in [5, 5.41) is 49.5. The van der Waals surface area contributed by atoms with Gasteiger partial charge >= 0.3 is 0 Å². The third-order valence-electron chi connectivity index (χ3n) is 12.1. The van der Waals surface area contributed by atoms with Crippen molar-refractivity contribution >= 4 is 11.8 Å². The van der Waals surface area contributed by atoms with E-state index in [1.807, 2.05) is 19.9 Å². The van der Waals surface area contributed by atoms with Gasteiger partial charge in [-0.1, -0.05) is 151 Å². The first-order valence-corrected chi connectivity index (χ1v) is 26.5. The Morgan fingerprint density at radius 3 is 1.21 bits per heavy atom. The van der Waals surface area contributed by atoms with Crippen LogP contribution in [0.5, 0.6) is 0 Å². The summed E-state index contributed by atoms with van der Waals surface area (Å²) in [4.78, 5) is 30.6. The predicted molar refractivity (Wildman–Crippen MR) is 287 cm³/mol. The van der Waals surface area contributed by atoms with Gasteiger partial charge in [0.05, 0.1) is 24.4 Å². The second-order valence-electron chi connectivity index (χ2n) is 19.0. The fraction of sp³-hybridized carbons (Fsp3) is 0.655. The Morgan fingerprint density at radius 2 is 0.824 bits per heavy atom. The number of nitrogens with zero attached hydrogens (tertiary/aromatic N) is 2. The number of hydrogen-bond donors (Lipinski definition) is 6. The molecule has 0 aromatic heterocycles. The molecule has 0 aromatic rings. The Hall–Kier alpha value is -3.64. The number of nitrogens with one attached hydrogen (secondary N) is 2. The Morgan fingerprint density at radius 1 is 0.471 bits per heavy atom. The summed E-state index contributed by atoms with van der Waals surface area (Å²) in [6.07, 6.45) is 49.2. The van der Waals surface area contributed by atoms with Crippen LogP contribution in [0.2, 0.25) is 0 Å². The fourth-order valence-electron chi connectivity index (χ4n) is 8.07. The molecule has 10 nitrogen and oxygen atoms in total. The van der Waals surface area contributed by atoms with E-state index in [4.69, 9.17) is 0 Å². The lowest BCUT2D eigenvalue weighted by molar-refractivity contribution is -0.137. The number of rotatable bonds is 40. The van der Waals surface area contributed by atoms with Gasteiger partial charge in [-0.15, -0.1) is 0 Å². The van der Waals surface area contributed by atoms with E-state index in [1.54, 1.807) is 6.92 Å². The maximum atomic E-state index is 13.2. The first-order chi connectivity index (χ1) is 32.8. The molecule has 0 saturated carbocycles. The molecule has 1 saturated heterocycles. The molecular weight excluding hydrogens is 849 g/mol. The van der Waals surface area contributed by atoms with Crippen LogP contribution >= 0.6 is 0 Å². The van der Waals surface area contributed by atoms with Crippen molar-refractivity contribution in [3.63, 3.8) is 0 Å². The maximum Gasteiger partial charge on any atom is 0.243 e. The number of carbonyl (C=O) groups excluding carboxylic acids is 2. The van der Waals surface area contributed by atoms with Gasteiger partial charge in [0, 0.05) is 38.0 Å². The van der Waals surface area contributed by atoms with Crippen LogP contribution in [0.3, 0.4) is 0 Å². The molecule has 1 aliphatic rings. The van der Waals surface area contributed by atoms with Crippen molar-refractivity contribution < 1.29 is 30.0 Å². The molecule has 0 radical (unpaired) electrons. The fourth-order valence-corrected chi connectivity index (χ4v) is 8.07. The number of hydrogen-bond acceptors (Lipinski definition) is 8. The molecular formula is C58H98N4O6. The van der Waals surface area contributed by atoms with Crippen LogP contribution in [-0.4, -0.2) is 118 Å². The summed E-state index contributed by atoms with van der Waals surface area (Å²) in [6, 6.07) is -1.19. The third kappa shape index (κ3) is 33.0. The summed E-state index contributed by atoms with van der Waals surface area (Å²) < 4.78 is 0. The van der Waals surface area contributed by atoms with Crippen molar-refractivity contribution in [2.75, 3.05) is 39.3 Å². The van der Waals surface area contributed by atoms with E-state index >= 15 is 0 Å². The largest absolute Gasteiger partial charge is 0.392 e. The van der Waals surface area contributed by atoms with Gasteiger partial charge in [0.15, 0.2) is 0 Å². The highest BCUT2D eigenvalue weighted by atomic mass is 16.3. The maximum absolute atomic E-state index is 13.2. The third-order valence-corrected chi connectivity index (χ3v) is 12.1. The first-order valence-electron chi connectivity index (χ1n) is 26.5. The van der Waals surface area contributed by atoms with Crippen molar-refractivity contribution in [2.45, 2.75) is 188 Å². The number of amides is 2. The molecule has 1 aliphatic heterocycles. The molecule has 9 atom stereocenters. The van der Waals surface area contributed by atoms with Crippen LogP contribution in [0.4, 0.5) is 0 Å². The lowest BCUT2D eigenvalue weighted by Gasteiger charge is -2.31. The summed E-state index contributed by atoms with van der Waals surface area (Å²) in [7, 11) is 0. The van der Waals surface area contributed by atoms with Gasteiger partial charge in [0.25, 0.3) is 0 Å². The van der Waals surface area contributed by atoms with Crippen LogP contribution in [-0.2, 0) is 9.59 Å². The molecule has 1 heterocycles. The van der Waals surface area contributed by atoms with Crippen molar-refractivity contribution in [3.05, 3.63) is 109 Å². The predicted octanol–water partition coefficient (Wildman–Crippen LogP) is 10.3. The van der Waals surface area contributed by atoms with Gasteiger partial charge < -0.3 is 31.1 Å². The number of piperazine rings is 1. The summed E-state index contributed by atoms with van der Waals surface area (Å²) in [5.41, 5.74) is 0. The molecule has 6 N–H and O–H groups in total. The minimum Gasteiger partial charge on any atom is -0.392 e. The van der Waals surface area contributed by atoms with Gasteiger partial charge in [0.1, 0.15) is 12.1 Å². The highest BCUT2D eigenvalue weighted by molar-refractivity contribution is 5.96. The standard InChI is InChI=1S/C58H98N4O6/c1-8-11-14-17-20-23-26-29-36-48(4)43-52(64)45-62(47-56(66)50(6)38-31-28-25-22-19-16-13-10-3)42-35-33-40-54-58(68)59-53(57(67)60-54)39-32-34-41-61(44-51(7)63)46-55(65)49(5)37-30-27-24-21-18-15-12-9-2/h11-16,20-25,29-31,36-38,48-56,63-66H,8-10,17-19,26-28,32-35,39-47H2,1-7H3,(H,59,68)(H,60,67)/b14-11-,15-12-,16-13-,23-20-,24-21-,25-22-,36-29-,37-30-,38-31-. The van der Waals surface area contributed by atoms with E-state index in [9.17, 15) is 30.0 Å². The zero-order valence-corrected chi connectivity index (χ0v) is 43.6. The van der Waals surface area contributed by atoms with E-state index < -0.39 is 36.5 Å². The SMILES string of the molecule is CC/C=C\C/C=C\C/C=C\C(C)CC(O)CN(CCCCC1NC(=O)C(CCCCN(CC(C)O)CC(O)C(C)/C=C\C/C=C\C/C=C\CC)NC1=O)CC(O)C(C)/C=C\C/C=C\C/C=C\CC. The van der Waals surface area contributed by atoms with Crippen LogP contribution in [0, 0.1) is 17.8 Å². The topological polar surface area (TPSA) is 146 Å². The van der Waals surface area contributed by atoms with E-state index in [0.717, 1.165) is 70.6 Å². The first kappa shape index (κ1) is 62.4. The van der Waals surface area contributed by atoms with E-state index in [1.165, 1.54) is 0 Å². The van der Waals surface area contributed by atoms with E-state index in [-0.39, 0.29) is 29.6 Å². The van der Waals surface area contributed by atoms with Gasteiger partial charge in [-0.25, -0.2) is 0 Å². The molecule has 1 fully saturated rings. The number of allylic oxidation sites excluding steroid dienone is 16. The zero-order valence-electron chi connectivity index (χ0n) is 43.6. The molecule has 0 spiro atoms. The van der Waals surface area contributed by atoms with Crippen molar-refractivity contribution in [3.8, 4) is 0 Å². The van der Waals surface area contributed by atoms with Crippen LogP contribution in [0.1, 0.15) is 151 Å². The lowest BCUT2D eigenvalue weighted by Crippen LogP contribution is -2.61. The monoisotopic (exact) mass is 947 g/mol. The Balaban J connectivity index is 2.70. The van der Waals surface area contributed by atoms with Crippen molar-refractivity contribution in [1.82, 2.24) is 20.4 Å². The van der Waals surface area contributed by atoms with E-state index in [2.05, 4.69) is 151 Å². The van der Waals surface area contributed by atoms with E-state index in [0.29, 0.717) is 71.4 Å². The van der Waals surface area contributed by atoms with Crippen LogP contribution in [0.15, 0.2) is 109 Å². The van der Waals surface area contributed by atoms with Crippen LogP contribution < -0.4 is 10.6 Å². The minimum absolute atomic E-state index is 0.0333. The Kier molecular flexibility index (Phi) is 37.8. The molecule has 68 heavy (non-hydrogen) atoms. The number of aliphatic hydroxyl groups excluding tert-OH is 4. The molecule has 0 aromatic carbocycles. The molecule has 2 amide bonds. The van der Waals surface area contributed by atoms with Crippen molar-refractivity contribution in [1.29, 1.82) is 0 Å². The Bertz CT molecular complexity index is 1560. The molecule has 9 unspecified atom stereocenters. The summed E-state index contributed by atoms with van der Waals surface area (Å²) in [6.45, 7) is 17.4. The number of aliphatic hydroxyl groups is 4. The second kappa shape index (κ2) is 41.2. The highest BCUT2D eigenvalue weighted by Gasteiger charge is 2.33. The van der Waals surface area contributed by atoms with Crippen LogP contribution in [0.25, 0.3) is 0 Å². The molecule has 386 valence electrons. The van der Waals surface area contributed by atoms with Gasteiger partial charge in [-0.2, -0.15) is 0 Å². The summed E-state index contributed by atoms with van der Waals surface area (Å²) >= 11 is 0. The number of carbonyl (C=O) groups is 2. The van der Waals surface area contributed by atoms with Gasteiger partial charge in [-0.05, 0) is 129 Å². The average Bonchev–Trinajstić information content (AvgIpc) is 3.29. The smallest absolute Gasteiger partial charge is 0.243 e. The minimum atomic E-state index is -0.605. The average molecular weight is 947 g/mol. The van der Waals surface area contributed by atoms with Crippen molar-refractivity contribution in [2.24, 2.45) is 17.8 Å². The number of unbranched alkanes of at least 4 members (excludes halogenated alkanes) is 2.